The molecule has 0 aliphatic heterocycles. The van der Waals surface area contributed by atoms with E-state index in [9.17, 15) is 9.18 Å². The zero-order valence-electron chi connectivity index (χ0n) is 13.2. The monoisotopic (exact) mass is 361 g/mol. The minimum atomic E-state index is -0.616. The van der Waals surface area contributed by atoms with Crippen LogP contribution in [-0.4, -0.2) is 18.2 Å². The zero-order chi connectivity index (χ0) is 17.8. The van der Waals surface area contributed by atoms with Crippen LogP contribution in [0.5, 0.6) is 5.75 Å². The normalized spacial score (nSPS) is 10.5. The van der Waals surface area contributed by atoms with Gasteiger partial charge in [0.05, 0.1) is 12.7 Å². The predicted molar refractivity (Wildman–Crippen MR) is 89.0 cm³/mol. The van der Waals surface area contributed by atoms with Crippen LogP contribution < -0.4 is 4.74 Å². The van der Waals surface area contributed by atoms with Crippen molar-refractivity contribution in [2.45, 2.75) is 6.61 Å². The standard InChI is InChI=1S/C18H13ClFNO4/c1-23-16-7-6-11(19)8-14(16)18(22)24-10-12-9-17(25-21-12)13-4-2-3-5-15(13)20/h2-9H,10H2,1H3. The fraction of sp³-hybridized carbons (Fsp3) is 0.111. The van der Waals surface area contributed by atoms with E-state index >= 15 is 0 Å². The van der Waals surface area contributed by atoms with Gasteiger partial charge >= 0.3 is 5.97 Å². The minimum absolute atomic E-state index is 0.132. The molecule has 0 spiro atoms. The maximum absolute atomic E-state index is 13.7. The Morgan fingerprint density at radius 1 is 1.24 bits per heavy atom. The Hall–Kier alpha value is -2.86. The lowest BCUT2D eigenvalue weighted by molar-refractivity contribution is 0.0460. The van der Waals surface area contributed by atoms with Crippen LogP contribution in [0.4, 0.5) is 4.39 Å². The van der Waals surface area contributed by atoms with E-state index in [1.807, 2.05) is 0 Å². The molecular formula is C18H13ClFNO4. The highest BCUT2D eigenvalue weighted by Gasteiger charge is 2.16. The van der Waals surface area contributed by atoms with Crippen LogP contribution in [-0.2, 0) is 11.3 Å². The number of carbonyl (C=O) groups excluding carboxylic acids is 1. The van der Waals surface area contributed by atoms with Crippen molar-refractivity contribution in [1.82, 2.24) is 5.16 Å². The summed E-state index contributed by atoms with van der Waals surface area (Å²) in [7, 11) is 1.44. The van der Waals surface area contributed by atoms with Gasteiger partial charge in [-0.25, -0.2) is 9.18 Å². The molecule has 0 aliphatic rings. The van der Waals surface area contributed by atoms with Crippen molar-refractivity contribution in [1.29, 1.82) is 0 Å². The number of methoxy groups -OCH3 is 1. The highest BCUT2D eigenvalue weighted by atomic mass is 35.5. The molecule has 0 amide bonds. The van der Waals surface area contributed by atoms with E-state index in [0.29, 0.717) is 16.5 Å². The Labute approximate surface area is 147 Å². The summed E-state index contributed by atoms with van der Waals surface area (Å²) >= 11 is 5.89. The average molecular weight is 362 g/mol. The highest BCUT2D eigenvalue weighted by molar-refractivity contribution is 6.31. The third kappa shape index (κ3) is 3.80. The van der Waals surface area contributed by atoms with Crippen molar-refractivity contribution in [3.8, 4) is 17.1 Å². The summed E-state index contributed by atoms with van der Waals surface area (Å²) in [4.78, 5) is 12.2. The largest absolute Gasteiger partial charge is 0.496 e. The molecule has 0 unspecified atom stereocenters. The van der Waals surface area contributed by atoms with E-state index in [2.05, 4.69) is 5.16 Å². The van der Waals surface area contributed by atoms with Gasteiger partial charge in [0.15, 0.2) is 5.76 Å². The summed E-state index contributed by atoms with van der Waals surface area (Å²) in [5.41, 5.74) is 0.838. The van der Waals surface area contributed by atoms with Crippen molar-refractivity contribution < 1.29 is 23.2 Å². The molecule has 128 valence electrons. The summed E-state index contributed by atoms with van der Waals surface area (Å²) < 4.78 is 29.2. The molecule has 3 aromatic rings. The third-order valence-corrected chi connectivity index (χ3v) is 3.67. The molecule has 0 fully saturated rings. The summed E-state index contributed by atoms with van der Waals surface area (Å²) in [6, 6.07) is 12.3. The van der Waals surface area contributed by atoms with Crippen LogP contribution in [0.2, 0.25) is 5.02 Å². The van der Waals surface area contributed by atoms with Crippen molar-refractivity contribution in [3.05, 3.63) is 70.6 Å². The van der Waals surface area contributed by atoms with Gasteiger partial charge in [-0.3, -0.25) is 0 Å². The lowest BCUT2D eigenvalue weighted by atomic mass is 10.1. The quantitative estimate of drug-likeness (QED) is 0.626. The topological polar surface area (TPSA) is 61.6 Å². The van der Waals surface area contributed by atoms with Crippen LogP contribution in [0.3, 0.4) is 0 Å². The Balaban J connectivity index is 1.72. The van der Waals surface area contributed by atoms with Crippen LogP contribution in [0.25, 0.3) is 11.3 Å². The first kappa shape index (κ1) is 17.0. The van der Waals surface area contributed by atoms with Crippen molar-refractivity contribution in [3.63, 3.8) is 0 Å². The summed E-state index contributed by atoms with van der Waals surface area (Å²) in [6.45, 7) is -0.132. The van der Waals surface area contributed by atoms with Gasteiger partial charge in [-0.1, -0.05) is 28.9 Å². The summed E-state index contributed by atoms with van der Waals surface area (Å²) in [5, 5.41) is 4.17. The van der Waals surface area contributed by atoms with Gasteiger partial charge in [0.1, 0.15) is 29.4 Å². The number of rotatable bonds is 5. The first-order valence-electron chi connectivity index (χ1n) is 7.29. The second kappa shape index (κ2) is 7.36. The number of ether oxygens (including phenoxy) is 2. The van der Waals surface area contributed by atoms with Crippen molar-refractivity contribution in [2.24, 2.45) is 0 Å². The molecule has 1 heterocycles. The van der Waals surface area contributed by atoms with Gasteiger partial charge in [-0.05, 0) is 30.3 Å². The SMILES string of the molecule is COc1ccc(Cl)cc1C(=O)OCc1cc(-c2ccccc2F)on1. The molecule has 0 N–H and O–H groups in total. The zero-order valence-corrected chi connectivity index (χ0v) is 13.9. The number of benzene rings is 2. The molecule has 0 saturated carbocycles. The Morgan fingerprint density at radius 2 is 2.04 bits per heavy atom. The number of hydrogen-bond donors (Lipinski definition) is 0. The van der Waals surface area contributed by atoms with Crippen LogP contribution in [0, 0.1) is 5.82 Å². The second-order valence-corrected chi connectivity index (χ2v) is 5.52. The summed E-state index contributed by atoms with van der Waals surface area (Å²) in [5.74, 6) is -0.438. The van der Waals surface area contributed by atoms with Crippen LogP contribution in [0.1, 0.15) is 16.1 Å². The van der Waals surface area contributed by atoms with Crippen molar-refractivity contribution >= 4 is 17.6 Å². The van der Waals surface area contributed by atoms with Gasteiger partial charge < -0.3 is 14.0 Å². The molecule has 2 aromatic carbocycles. The van der Waals surface area contributed by atoms with Gasteiger partial charge in [0.25, 0.3) is 0 Å². The van der Waals surface area contributed by atoms with Crippen LogP contribution >= 0.6 is 11.6 Å². The molecule has 0 atom stereocenters. The van der Waals surface area contributed by atoms with Gasteiger partial charge in [0.2, 0.25) is 0 Å². The van der Waals surface area contributed by atoms with E-state index in [1.54, 1.807) is 30.3 Å². The van der Waals surface area contributed by atoms with Crippen LogP contribution in [0.15, 0.2) is 53.1 Å². The van der Waals surface area contributed by atoms with E-state index in [-0.39, 0.29) is 23.5 Å². The number of hydrogen-bond acceptors (Lipinski definition) is 5. The van der Waals surface area contributed by atoms with Gasteiger partial charge in [-0.2, -0.15) is 0 Å². The first-order valence-corrected chi connectivity index (χ1v) is 7.67. The first-order chi connectivity index (χ1) is 12.1. The smallest absolute Gasteiger partial charge is 0.342 e. The molecule has 0 aliphatic carbocycles. The highest BCUT2D eigenvalue weighted by Crippen LogP contribution is 2.25. The number of aromatic nitrogens is 1. The molecule has 0 radical (unpaired) electrons. The van der Waals surface area contributed by atoms with Crippen molar-refractivity contribution in [2.75, 3.05) is 7.11 Å². The number of nitrogens with zero attached hydrogens (tertiary/aromatic N) is 1. The number of carbonyl (C=O) groups is 1. The maximum atomic E-state index is 13.7. The molecule has 5 nitrogen and oxygen atoms in total. The Morgan fingerprint density at radius 3 is 2.80 bits per heavy atom. The fourth-order valence-electron chi connectivity index (χ4n) is 2.22. The van der Waals surface area contributed by atoms with E-state index < -0.39 is 11.8 Å². The average Bonchev–Trinajstić information content (AvgIpc) is 3.08. The molecular weight excluding hydrogens is 349 g/mol. The third-order valence-electron chi connectivity index (χ3n) is 3.43. The minimum Gasteiger partial charge on any atom is -0.496 e. The molecule has 1 aromatic heterocycles. The lowest BCUT2D eigenvalue weighted by Crippen LogP contribution is -2.07. The Kier molecular flexibility index (Phi) is 5.00. The molecule has 0 bridgehead atoms. The second-order valence-electron chi connectivity index (χ2n) is 5.08. The fourth-order valence-corrected chi connectivity index (χ4v) is 2.40. The molecule has 7 heteroatoms. The predicted octanol–water partition coefficient (Wildman–Crippen LogP) is 4.50. The maximum Gasteiger partial charge on any atom is 0.342 e. The van der Waals surface area contributed by atoms with Gasteiger partial charge in [-0.15, -0.1) is 0 Å². The lowest BCUT2D eigenvalue weighted by Gasteiger charge is -2.08. The van der Waals surface area contributed by atoms with E-state index in [1.165, 1.54) is 25.3 Å². The van der Waals surface area contributed by atoms with E-state index in [0.717, 1.165) is 0 Å². The Bertz CT molecular complexity index is 910. The number of esters is 1. The number of halogens is 2. The molecule has 25 heavy (non-hydrogen) atoms. The molecule has 3 rings (SSSR count). The van der Waals surface area contributed by atoms with E-state index in [4.69, 9.17) is 25.6 Å². The molecule has 0 saturated heterocycles. The summed E-state index contributed by atoms with van der Waals surface area (Å²) in [6.07, 6.45) is 0. The van der Waals surface area contributed by atoms with Gasteiger partial charge in [0, 0.05) is 11.1 Å².